The molecule has 2 aliphatic heterocycles. The lowest BCUT2D eigenvalue weighted by atomic mass is 10.0. The van der Waals surface area contributed by atoms with Gasteiger partial charge in [-0.2, -0.15) is 16.8 Å². The first-order chi connectivity index (χ1) is 32.3. The summed E-state index contributed by atoms with van der Waals surface area (Å²) in [5.41, 5.74) is 1.33. The fourth-order valence-corrected chi connectivity index (χ4v) is 10.1. The van der Waals surface area contributed by atoms with Gasteiger partial charge < -0.3 is 4.74 Å². The average molecular weight is 957 g/mol. The van der Waals surface area contributed by atoms with Crippen LogP contribution in [0.5, 0.6) is 11.5 Å². The monoisotopic (exact) mass is 956 g/mol. The van der Waals surface area contributed by atoms with Crippen molar-refractivity contribution in [3.63, 3.8) is 0 Å². The largest absolute Gasteiger partial charge is 0.457 e. The van der Waals surface area contributed by atoms with E-state index >= 15 is 0 Å². The lowest BCUT2D eigenvalue weighted by Gasteiger charge is -2.13. The van der Waals surface area contributed by atoms with Crippen LogP contribution in [0.25, 0.3) is 0 Å². The number of carbonyl (C=O) groups is 4. The Morgan fingerprint density at radius 1 is 0.373 bits per heavy atom. The van der Waals surface area contributed by atoms with Crippen molar-refractivity contribution >= 4 is 43.9 Å². The summed E-state index contributed by atoms with van der Waals surface area (Å²) in [4.78, 5) is 52.7. The number of ether oxygens (including phenoxy) is 1. The second kappa shape index (κ2) is 24.7. The summed E-state index contributed by atoms with van der Waals surface area (Å²) in [6.45, 7) is 4.43. The minimum absolute atomic E-state index is 0.0339. The molecule has 2 aliphatic rings. The van der Waals surface area contributed by atoms with E-state index in [4.69, 9.17) is 13.3 Å². The van der Waals surface area contributed by atoms with Crippen molar-refractivity contribution in [1.29, 1.82) is 0 Å². The number of hydroxylamine groups is 4. The summed E-state index contributed by atoms with van der Waals surface area (Å²) in [7, 11) is -9.13. The minimum Gasteiger partial charge on any atom is -0.457 e. The molecule has 2 heterocycles. The van der Waals surface area contributed by atoms with Crippen LogP contribution in [0, 0.1) is 0 Å². The van der Waals surface area contributed by atoms with Crippen LogP contribution in [0.3, 0.4) is 0 Å². The molecule has 0 saturated heterocycles. The number of benzene rings is 4. The smallest absolute Gasteiger partial charge is 0.318 e. The molecule has 13 nitrogen and oxygen atoms in total. The molecular weight excluding hydrogens is 893 g/mol. The molecule has 0 N–H and O–H groups in total. The summed E-state index contributed by atoms with van der Waals surface area (Å²) >= 11 is 0. The van der Waals surface area contributed by atoms with Crippen LogP contribution < -0.4 is 4.74 Å². The van der Waals surface area contributed by atoms with E-state index in [1.807, 2.05) is 0 Å². The van der Waals surface area contributed by atoms with E-state index in [0.29, 0.717) is 0 Å². The highest BCUT2D eigenvalue weighted by Crippen LogP contribution is 2.34. The van der Waals surface area contributed by atoms with E-state index in [-0.39, 0.29) is 53.7 Å². The zero-order valence-corrected chi connectivity index (χ0v) is 40.5. The second-order valence-corrected chi connectivity index (χ2v) is 20.6. The maximum atomic E-state index is 13.4. The molecule has 4 amide bonds. The van der Waals surface area contributed by atoms with Crippen LogP contribution in [-0.2, 0) is 41.6 Å². The van der Waals surface area contributed by atoms with Crippen LogP contribution in [-0.4, -0.2) is 50.6 Å². The molecular formula is C52H64N2O11S2. The molecule has 0 fully saturated rings. The molecule has 0 unspecified atom stereocenters. The van der Waals surface area contributed by atoms with Gasteiger partial charge in [-0.15, -0.1) is 18.7 Å². The molecule has 0 aliphatic carbocycles. The third-order valence-corrected chi connectivity index (χ3v) is 14.7. The Morgan fingerprint density at radius 3 is 1.00 bits per heavy atom. The van der Waals surface area contributed by atoms with Crippen molar-refractivity contribution in [2.75, 3.05) is 0 Å². The van der Waals surface area contributed by atoms with Gasteiger partial charge in [-0.1, -0.05) is 154 Å². The standard InChI is InChI=1S/C52H64N2O11S2/c1-3-5-7-9-11-13-15-17-19-21-23-39-25-31-43(32-26-39)66(59,60)64-53-49(55)45-35-29-41(37-47(45)51(53)57)63-42-30-36-46-48(38-42)52(58)54(50(46)56)65-67(61,62)44-33-27-40(28-34-44)24-22-20-18-16-14-12-10-8-6-4-2/h25-38H,3-24H2,1-2H3. The van der Waals surface area contributed by atoms with Crippen molar-refractivity contribution < 1.29 is 49.3 Å². The highest BCUT2D eigenvalue weighted by atomic mass is 32.2. The van der Waals surface area contributed by atoms with Gasteiger partial charge in [0.05, 0.1) is 32.0 Å². The van der Waals surface area contributed by atoms with E-state index in [1.54, 1.807) is 24.3 Å². The molecule has 0 bridgehead atoms. The highest BCUT2D eigenvalue weighted by molar-refractivity contribution is 7.87. The van der Waals surface area contributed by atoms with Crippen molar-refractivity contribution in [1.82, 2.24) is 10.1 Å². The topological polar surface area (TPSA) is 171 Å². The summed E-state index contributed by atoms with van der Waals surface area (Å²) < 4.78 is 68.9. The maximum Gasteiger partial charge on any atom is 0.318 e. The number of unbranched alkanes of at least 4 members (excludes halogenated alkanes) is 18. The first-order valence-electron chi connectivity index (χ1n) is 24.1. The Labute approximate surface area is 396 Å². The van der Waals surface area contributed by atoms with Crippen molar-refractivity contribution in [2.45, 2.75) is 165 Å². The molecule has 360 valence electrons. The molecule has 6 rings (SSSR count). The molecule has 4 aromatic carbocycles. The van der Waals surface area contributed by atoms with Crippen LogP contribution in [0.1, 0.15) is 195 Å². The van der Waals surface area contributed by atoms with Gasteiger partial charge in [0.25, 0.3) is 23.6 Å². The van der Waals surface area contributed by atoms with Gasteiger partial charge in [-0.25, -0.2) is 0 Å². The number of aryl methyl sites for hydroxylation is 2. The van der Waals surface area contributed by atoms with Gasteiger partial charge in [0.2, 0.25) is 0 Å². The van der Waals surface area contributed by atoms with Gasteiger partial charge in [-0.05, 0) is 97.5 Å². The molecule has 0 saturated carbocycles. The average Bonchev–Trinajstić information content (AvgIpc) is 3.69. The van der Waals surface area contributed by atoms with Crippen LogP contribution in [0.2, 0.25) is 0 Å². The third-order valence-electron chi connectivity index (χ3n) is 12.3. The number of hydrogen-bond acceptors (Lipinski definition) is 11. The molecule has 0 spiro atoms. The van der Waals surface area contributed by atoms with Gasteiger partial charge in [0, 0.05) is 0 Å². The lowest BCUT2D eigenvalue weighted by molar-refractivity contribution is -0.0107. The fourth-order valence-electron chi connectivity index (χ4n) is 8.36. The molecule has 0 aromatic heterocycles. The summed E-state index contributed by atoms with van der Waals surface area (Å²) in [5.74, 6) is -3.95. The SMILES string of the molecule is CCCCCCCCCCCCc1ccc(S(=O)(=O)ON2C(=O)c3ccc(Oc4ccc5c(c4)C(=O)N(OS(=O)(=O)c4ccc(CCCCCCCCCCCC)cc4)C5=O)cc3C2=O)cc1. The molecule has 15 heteroatoms. The lowest BCUT2D eigenvalue weighted by Crippen LogP contribution is -2.32. The van der Waals surface area contributed by atoms with Gasteiger partial charge in [0.1, 0.15) is 11.5 Å². The first-order valence-corrected chi connectivity index (χ1v) is 26.9. The molecule has 0 radical (unpaired) electrons. The third kappa shape index (κ3) is 13.9. The Kier molecular flexibility index (Phi) is 18.9. The predicted octanol–water partition coefficient (Wildman–Crippen LogP) is 12.2. The van der Waals surface area contributed by atoms with E-state index in [1.165, 1.54) is 163 Å². The molecule has 4 aromatic rings. The zero-order chi connectivity index (χ0) is 47.8. The van der Waals surface area contributed by atoms with Crippen molar-refractivity contribution in [3.8, 4) is 11.5 Å². The van der Waals surface area contributed by atoms with Gasteiger partial charge in [0.15, 0.2) is 0 Å². The van der Waals surface area contributed by atoms with Gasteiger partial charge in [-0.3, -0.25) is 19.2 Å². The molecule has 67 heavy (non-hydrogen) atoms. The minimum atomic E-state index is -4.56. The van der Waals surface area contributed by atoms with Crippen LogP contribution in [0.15, 0.2) is 94.7 Å². The fraction of sp³-hybridized carbons (Fsp3) is 0.462. The Balaban J connectivity index is 0.979. The first kappa shape index (κ1) is 51.2. The number of imide groups is 2. The quantitative estimate of drug-likeness (QED) is 0.0360. The van der Waals surface area contributed by atoms with Crippen LogP contribution in [0.4, 0.5) is 0 Å². The molecule has 0 atom stereocenters. The predicted molar refractivity (Wildman–Crippen MR) is 254 cm³/mol. The van der Waals surface area contributed by atoms with Crippen molar-refractivity contribution in [2.24, 2.45) is 0 Å². The van der Waals surface area contributed by atoms with Gasteiger partial charge >= 0.3 is 20.2 Å². The number of rotatable bonds is 30. The normalized spacial score (nSPS) is 13.8. The van der Waals surface area contributed by atoms with E-state index < -0.39 is 43.9 Å². The van der Waals surface area contributed by atoms with E-state index in [9.17, 15) is 36.0 Å². The van der Waals surface area contributed by atoms with Crippen LogP contribution >= 0.6 is 0 Å². The Hall–Kier alpha value is -5.22. The second-order valence-electron chi connectivity index (χ2n) is 17.5. The number of fused-ring (bicyclic) bond motifs is 2. The summed E-state index contributed by atoms with van der Waals surface area (Å²) in [6, 6.07) is 20.1. The highest BCUT2D eigenvalue weighted by Gasteiger charge is 2.42. The van der Waals surface area contributed by atoms with Crippen molar-refractivity contribution in [3.05, 3.63) is 118 Å². The summed E-state index contributed by atoms with van der Waals surface area (Å²) in [5, 5.41) is 0.384. The summed E-state index contributed by atoms with van der Waals surface area (Å²) in [6.07, 6.45) is 25.9. The Morgan fingerprint density at radius 2 is 0.672 bits per heavy atom. The number of amides is 4. The van der Waals surface area contributed by atoms with E-state index in [2.05, 4.69) is 13.8 Å². The number of hydrogen-bond donors (Lipinski definition) is 0. The van der Waals surface area contributed by atoms with E-state index in [0.717, 1.165) is 49.7 Å². The zero-order valence-electron chi connectivity index (χ0n) is 38.8. The Bertz CT molecular complexity index is 2380. The number of carbonyl (C=O) groups excluding carboxylic acids is 4. The maximum absolute atomic E-state index is 13.4. The number of nitrogens with zero attached hydrogens (tertiary/aromatic N) is 2.